The van der Waals surface area contributed by atoms with E-state index in [1.165, 1.54) is 0 Å². The van der Waals surface area contributed by atoms with Gasteiger partial charge >= 0.3 is 0 Å². The summed E-state index contributed by atoms with van der Waals surface area (Å²) in [5.41, 5.74) is 3.42. The Balaban J connectivity index is 1.40. The quantitative estimate of drug-likeness (QED) is 0.174. The van der Waals surface area contributed by atoms with Gasteiger partial charge in [0.2, 0.25) is 0 Å². The normalized spacial score (nSPS) is 26.3. The summed E-state index contributed by atoms with van der Waals surface area (Å²) in [5, 5.41) is 0.0669. The Labute approximate surface area is 240 Å². The van der Waals surface area contributed by atoms with Crippen LogP contribution in [0.1, 0.15) is 37.5 Å². The SMILES string of the molecule is CC(C)(C)[Si](C)(C)O[C@@H]1[C@@H](OCc2ccccc2)[C@H](OCc2ccccc2)[C@@H](COCc2ccccc2)[C@H]2O[C@@H]12. The first-order chi connectivity index (χ1) is 19.2. The van der Waals surface area contributed by atoms with Crippen molar-refractivity contribution in [1.29, 1.82) is 0 Å². The number of ether oxygens (including phenoxy) is 4. The maximum Gasteiger partial charge on any atom is 0.192 e. The monoisotopic (exact) mass is 560 g/mol. The summed E-state index contributed by atoms with van der Waals surface area (Å²) < 4.78 is 33.3. The van der Waals surface area contributed by atoms with Gasteiger partial charge in [-0.25, -0.2) is 0 Å². The molecule has 0 N–H and O–H groups in total. The van der Waals surface area contributed by atoms with E-state index in [0.29, 0.717) is 26.4 Å². The molecular weight excluding hydrogens is 516 g/mol. The summed E-state index contributed by atoms with van der Waals surface area (Å²) in [5.74, 6) is 0.0393. The Morgan fingerprint density at radius 2 is 1.10 bits per heavy atom. The number of hydrogen-bond acceptors (Lipinski definition) is 5. The van der Waals surface area contributed by atoms with Crippen molar-refractivity contribution in [1.82, 2.24) is 0 Å². The Morgan fingerprint density at radius 3 is 1.60 bits per heavy atom. The standard InChI is InChI=1S/C34H44O5Si/c1-34(2,3)40(4,5)39-33-31(37-23-27-19-13-8-14-20-27)29(36-22-26-17-11-7-12-18-26)28(30-32(33)38-30)24-35-21-25-15-9-6-10-16-25/h6-20,28-33H,21-24H2,1-5H3/t28-,29-,30-,31+,32-,33-/m1/s1. The van der Waals surface area contributed by atoms with Crippen molar-refractivity contribution in [2.75, 3.05) is 6.61 Å². The fourth-order valence-electron chi connectivity index (χ4n) is 5.22. The molecule has 40 heavy (non-hydrogen) atoms. The summed E-state index contributed by atoms with van der Waals surface area (Å²) in [7, 11) is -2.11. The Kier molecular flexibility index (Phi) is 9.25. The molecule has 0 unspecified atom stereocenters. The smallest absolute Gasteiger partial charge is 0.192 e. The minimum Gasteiger partial charge on any atom is -0.408 e. The predicted octanol–water partition coefficient (Wildman–Crippen LogP) is 7.16. The zero-order valence-corrected chi connectivity index (χ0v) is 25.5. The first kappa shape index (κ1) is 29.2. The molecule has 2 aliphatic rings. The number of rotatable bonds is 12. The molecular formula is C34H44O5Si. The minimum absolute atomic E-state index is 0.0169. The molecule has 3 aromatic carbocycles. The Bertz CT molecular complexity index is 1180. The van der Waals surface area contributed by atoms with Gasteiger partial charge in [-0.3, -0.25) is 0 Å². The van der Waals surface area contributed by atoms with Crippen LogP contribution in [0.5, 0.6) is 0 Å². The van der Waals surface area contributed by atoms with E-state index in [9.17, 15) is 0 Å². The molecule has 1 aliphatic carbocycles. The van der Waals surface area contributed by atoms with Crippen LogP contribution >= 0.6 is 0 Å². The van der Waals surface area contributed by atoms with Crippen LogP contribution < -0.4 is 0 Å². The summed E-state index contributed by atoms with van der Waals surface area (Å²) in [4.78, 5) is 0. The van der Waals surface area contributed by atoms with Gasteiger partial charge in [0.05, 0.1) is 38.6 Å². The average Bonchev–Trinajstić information content (AvgIpc) is 3.74. The first-order valence-electron chi connectivity index (χ1n) is 14.5. The molecule has 0 amide bonds. The zero-order valence-electron chi connectivity index (χ0n) is 24.5. The van der Waals surface area contributed by atoms with Crippen molar-refractivity contribution in [3.05, 3.63) is 108 Å². The molecule has 0 radical (unpaired) electrons. The summed E-state index contributed by atoms with van der Waals surface area (Å²) in [6.07, 6.45) is -0.703. The number of fused-ring (bicyclic) bond motifs is 1. The highest BCUT2D eigenvalue weighted by molar-refractivity contribution is 6.74. The molecule has 1 heterocycles. The van der Waals surface area contributed by atoms with E-state index < -0.39 is 8.32 Å². The van der Waals surface area contributed by atoms with Gasteiger partial charge in [0.25, 0.3) is 0 Å². The molecule has 0 aromatic heterocycles. The van der Waals surface area contributed by atoms with Crippen molar-refractivity contribution in [2.24, 2.45) is 5.92 Å². The van der Waals surface area contributed by atoms with E-state index in [1.807, 2.05) is 54.6 Å². The minimum atomic E-state index is -2.11. The summed E-state index contributed by atoms with van der Waals surface area (Å²) in [6, 6.07) is 31.0. The van der Waals surface area contributed by atoms with Gasteiger partial charge in [0, 0.05) is 5.92 Å². The van der Waals surface area contributed by atoms with Gasteiger partial charge in [0.15, 0.2) is 8.32 Å². The van der Waals surface area contributed by atoms with Crippen LogP contribution in [0.15, 0.2) is 91.0 Å². The Hall–Kier alpha value is -2.32. The zero-order chi connectivity index (χ0) is 28.2. The van der Waals surface area contributed by atoms with Crippen molar-refractivity contribution < 1.29 is 23.4 Å². The lowest BCUT2D eigenvalue weighted by molar-refractivity contribution is -0.167. The first-order valence-corrected chi connectivity index (χ1v) is 17.4. The summed E-state index contributed by atoms with van der Waals surface area (Å²) in [6.45, 7) is 13.5. The van der Waals surface area contributed by atoms with E-state index in [-0.39, 0.29) is 41.5 Å². The molecule has 5 rings (SSSR count). The molecule has 1 saturated carbocycles. The largest absolute Gasteiger partial charge is 0.408 e. The second kappa shape index (κ2) is 12.7. The molecule has 0 bridgehead atoms. The Morgan fingerprint density at radius 1 is 0.625 bits per heavy atom. The molecule has 1 aliphatic heterocycles. The molecule has 3 aromatic rings. The van der Waals surface area contributed by atoms with Crippen LogP contribution in [0, 0.1) is 5.92 Å². The lowest BCUT2D eigenvalue weighted by Crippen LogP contribution is -2.59. The van der Waals surface area contributed by atoms with Crippen LogP contribution in [0.25, 0.3) is 0 Å². The van der Waals surface area contributed by atoms with Gasteiger partial charge in [0.1, 0.15) is 18.3 Å². The fraction of sp³-hybridized carbons (Fsp3) is 0.471. The topological polar surface area (TPSA) is 49.5 Å². The molecule has 1 saturated heterocycles. The molecule has 6 atom stereocenters. The highest BCUT2D eigenvalue weighted by atomic mass is 28.4. The van der Waals surface area contributed by atoms with Crippen molar-refractivity contribution in [3.63, 3.8) is 0 Å². The van der Waals surface area contributed by atoms with Gasteiger partial charge in [-0.2, -0.15) is 0 Å². The highest BCUT2D eigenvalue weighted by Gasteiger charge is 2.63. The van der Waals surface area contributed by atoms with E-state index in [2.05, 4.69) is 70.3 Å². The fourth-order valence-corrected chi connectivity index (χ4v) is 6.52. The van der Waals surface area contributed by atoms with Crippen molar-refractivity contribution in [3.8, 4) is 0 Å². The van der Waals surface area contributed by atoms with Gasteiger partial charge in [-0.05, 0) is 34.8 Å². The molecule has 214 valence electrons. The number of epoxide rings is 1. The molecule has 2 fully saturated rings. The highest BCUT2D eigenvalue weighted by Crippen LogP contribution is 2.48. The molecule has 0 spiro atoms. The third-order valence-electron chi connectivity index (χ3n) is 8.61. The summed E-state index contributed by atoms with van der Waals surface area (Å²) >= 11 is 0. The number of benzene rings is 3. The predicted molar refractivity (Wildman–Crippen MR) is 160 cm³/mol. The van der Waals surface area contributed by atoms with Crippen molar-refractivity contribution >= 4 is 8.32 Å². The second-order valence-corrected chi connectivity index (χ2v) is 17.4. The third kappa shape index (κ3) is 7.11. The van der Waals surface area contributed by atoms with Crippen LogP contribution in [0.2, 0.25) is 18.1 Å². The van der Waals surface area contributed by atoms with Gasteiger partial charge < -0.3 is 23.4 Å². The lowest BCUT2D eigenvalue weighted by Gasteiger charge is -2.45. The van der Waals surface area contributed by atoms with Crippen LogP contribution in [0.3, 0.4) is 0 Å². The van der Waals surface area contributed by atoms with Gasteiger partial charge in [-0.15, -0.1) is 0 Å². The van der Waals surface area contributed by atoms with E-state index in [1.54, 1.807) is 0 Å². The van der Waals surface area contributed by atoms with E-state index in [0.717, 1.165) is 16.7 Å². The maximum absolute atomic E-state index is 7.07. The van der Waals surface area contributed by atoms with Crippen LogP contribution in [-0.4, -0.2) is 45.4 Å². The van der Waals surface area contributed by atoms with E-state index in [4.69, 9.17) is 23.4 Å². The maximum atomic E-state index is 7.07. The average molecular weight is 561 g/mol. The van der Waals surface area contributed by atoms with Gasteiger partial charge in [-0.1, -0.05) is 112 Å². The molecule has 6 heteroatoms. The second-order valence-electron chi connectivity index (χ2n) is 12.6. The lowest BCUT2D eigenvalue weighted by atomic mass is 9.82. The van der Waals surface area contributed by atoms with Crippen molar-refractivity contribution in [2.45, 2.75) is 89.2 Å². The van der Waals surface area contributed by atoms with Crippen LogP contribution in [-0.2, 0) is 43.2 Å². The third-order valence-corrected chi connectivity index (χ3v) is 13.1. The van der Waals surface area contributed by atoms with Crippen LogP contribution in [0.4, 0.5) is 0 Å². The van der Waals surface area contributed by atoms with E-state index >= 15 is 0 Å². The molecule has 5 nitrogen and oxygen atoms in total. The number of hydrogen-bond donors (Lipinski definition) is 0.